The molecule has 1 fully saturated rings. The van der Waals surface area contributed by atoms with Gasteiger partial charge in [0.2, 0.25) is 0 Å². The Morgan fingerprint density at radius 2 is 2.06 bits per heavy atom. The first-order chi connectivity index (χ1) is 7.84. The Labute approximate surface area is 94.4 Å². The molecular formula is C13H13N3. The highest BCUT2D eigenvalue weighted by atomic mass is 14.8. The summed E-state index contributed by atoms with van der Waals surface area (Å²) in [4.78, 5) is 8.68. The van der Waals surface area contributed by atoms with Crippen molar-refractivity contribution in [3.63, 3.8) is 0 Å². The van der Waals surface area contributed by atoms with E-state index >= 15 is 0 Å². The average Bonchev–Trinajstić information content (AvgIpc) is 3.14. The maximum atomic E-state index is 6.02. The summed E-state index contributed by atoms with van der Waals surface area (Å²) in [5, 5.41) is 0. The minimum absolute atomic E-state index is 0.688. The molecule has 80 valence electrons. The molecule has 0 unspecified atom stereocenters. The molecule has 3 heteroatoms. The molecule has 1 aliphatic rings. The third kappa shape index (κ3) is 1.65. The second-order valence-electron chi connectivity index (χ2n) is 4.20. The van der Waals surface area contributed by atoms with Gasteiger partial charge in [0.25, 0.3) is 0 Å². The van der Waals surface area contributed by atoms with Crippen LogP contribution in [0.2, 0.25) is 0 Å². The summed E-state index contributed by atoms with van der Waals surface area (Å²) in [6.07, 6.45) is 6.22. The summed E-state index contributed by atoms with van der Waals surface area (Å²) in [5.41, 5.74) is 9.62. The number of nitrogens with two attached hydrogens (primary N) is 1. The summed E-state index contributed by atoms with van der Waals surface area (Å²) < 4.78 is 0. The zero-order valence-corrected chi connectivity index (χ0v) is 8.93. The second kappa shape index (κ2) is 3.59. The van der Waals surface area contributed by atoms with Crippen LogP contribution in [-0.2, 0) is 0 Å². The first kappa shape index (κ1) is 9.33. The van der Waals surface area contributed by atoms with E-state index in [4.69, 9.17) is 5.73 Å². The van der Waals surface area contributed by atoms with Gasteiger partial charge in [-0.1, -0.05) is 6.07 Å². The summed E-state index contributed by atoms with van der Waals surface area (Å²) in [5.74, 6) is 0.688. The molecule has 0 spiro atoms. The lowest BCUT2D eigenvalue weighted by atomic mass is 10.1. The molecule has 0 radical (unpaired) electrons. The number of hydrogen-bond acceptors (Lipinski definition) is 3. The highest BCUT2D eigenvalue weighted by Crippen LogP contribution is 2.41. The van der Waals surface area contributed by atoms with Crippen molar-refractivity contribution in [3.8, 4) is 11.4 Å². The van der Waals surface area contributed by atoms with Crippen LogP contribution in [0.3, 0.4) is 0 Å². The molecule has 0 aromatic carbocycles. The van der Waals surface area contributed by atoms with Crippen LogP contribution in [0, 0.1) is 0 Å². The van der Waals surface area contributed by atoms with Gasteiger partial charge in [-0.05, 0) is 42.5 Å². The number of pyridine rings is 2. The van der Waals surface area contributed by atoms with Crippen LogP contribution in [0.1, 0.15) is 24.3 Å². The lowest BCUT2D eigenvalue weighted by Gasteiger charge is -2.05. The maximum absolute atomic E-state index is 6.02. The van der Waals surface area contributed by atoms with E-state index in [0.29, 0.717) is 5.92 Å². The van der Waals surface area contributed by atoms with Crippen molar-refractivity contribution in [3.05, 3.63) is 42.2 Å². The zero-order valence-electron chi connectivity index (χ0n) is 8.93. The first-order valence-corrected chi connectivity index (χ1v) is 5.51. The van der Waals surface area contributed by atoms with E-state index in [2.05, 4.69) is 9.97 Å². The number of aromatic nitrogens is 2. The van der Waals surface area contributed by atoms with Crippen molar-refractivity contribution in [1.29, 1.82) is 0 Å². The predicted molar refractivity (Wildman–Crippen MR) is 63.9 cm³/mol. The lowest BCUT2D eigenvalue weighted by Crippen LogP contribution is -1.96. The largest absolute Gasteiger partial charge is 0.397 e. The minimum Gasteiger partial charge on any atom is -0.397 e. The number of nitrogen functional groups attached to an aromatic ring is 1. The Balaban J connectivity index is 2.02. The number of anilines is 1. The molecular weight excluding hydrogens is 198 g/mol. The van der Waals surface area contributed by atoms with E-state index in [1.54, 1.807) is 6.20 Å². The van der Waals surface area contributed by atoms with Gasteiger partial charge < -0.3 is 5.73 Å². The smallest absolute Gasteiger partial charge is 0.111 e. The van der Waals surface area contributed by atoms with Gasteiger partial charge in [-0.25, -0.2) is 0 Å². The molecule has 2 aromatic rings. The Morgan fingerprint density at radius 3 is 2.69 bits per heavy atom. The summed E-state index contributed by atoms with van der Waals surface area (Å²) in [6, 6.07) is 7.79. The average molecular weight is 211 g/mol. The van der Waals surface area contributed by atoms with Crippen LogP contribution in [0.25, 0.3) is 11.4 Å². The van der Waals surface area contributed by atoms with Crippen LogP contribution in [-0.4, -0.2) is 9.97 Å². The van der Waals surface area contributed by atoms with Gasteiger partial charge >= 0.3 is 0 Å². The van der Waals surface area contributed by atoms with Crippen molar-refractivity contribution in [1.82, 2.24) is 9.97 Å². The van der Waals surface area contributed by atoms with Gasteiger partial charge in [0.1, 0.15) is 5.69 Å². The predicted octanol–water partition coefficient (Wildman–Crippen LogP) is 2.60. The zero-order chi connectivity index (χ0) is 11.0. The molecule has 0 amide bonds. The van der Waals surface area contributed by atoms with Crippen LogP contribution < -0.4 is 5.73 Å². The Kier molecular flexibility index (Phi) is 2.10. The maximum Gasteiger partial charge on any atom is 0.111 e. The summed E-state index contributed by atoms with van der Waals surface area (Å²) in [6.45, 7) is 0. The summed E-state index contributed by atoms with van der Waals surface area (Å²) >= 11 is 0. The van der Waals surface area contributed by atoms with Crippen LogP contribution in [0.5, 0.6) is 0 Å². The quantitative estimate of drug-likeness (QED) is 0.830. The highest BCUT2D eigenvalue weighted by Gasteiger charge is 2.24. The molecule has 0 saturated heterocycles. The van der Waals surface area contributed by atoms with Gasteiger partial charge in [-0.15, -0.1) is 0 Å². The van der Waals surface area contributed by atoms with Crippen molar-refractivity contribution >= 4 is 5.69 Å². The number of nitrogens with zero attached hydrogens (tertiary/aromatic N) is 2. The van der Waals surface area contributed by atoms with E-state index in [9.17, 15) is 0 Å². The number of rotatable bonds is 2. The van der Waals surface area contributed by atoms with Crippen LogP contribution in [0.15, 0.2) is 36.7 Å². The molecule has 16 heavy (non-hydrogen) atoms. The normalized spacial score (nSPS) is 15.0. The topological polar surface area (TPSA) is 51.8 Å². The molecule has 3 rings (SSSR count). The molecule has 2 aromatic heterocycles. The fourth-order valence-corrected chi connectivity index (χ4v) is 1.86. The van der Waals surface area contributed by atoms with Crippen molar-refractivity contribution in [2.45, 2.75) is 18.8 Å². The molecule has 0 bridgehead atoms. The van der Waals surface area contributed by atoms with Gasteiger partial charge in [-0.3, -0.25) is 9.97 Å². The van der Waals surface area contributed by atoms with Gasteiger partial charge in [0, 0.05) is 12.4 Å². The monoisotopic (exact) mass is 211 g/mol. The standard InChI is InChI=1S/C13H13N3/c14-11-7-10(9-4-5-9)8-16-13(11)12-3-1-2-6-15-12/h1-3,6-9H,4-5,14H2. The van der Waals surface area contributed by atoms with Crippen molar-refractivity contribution < 1.29 is 0 Å². The molecule has 1 aliphatic carbocycles. The van der Waals surface area contributed by atoms with Crippen LogP contribution in [0.4, 0.5) is 5.69 Å². The highest BCUT2D eigenvalue weighted by molar-refractivity contribution is 5.70. The van der Waals surface area contributed by atoms with Gasteiger partial charge in [0.15, 0.2) is 0 Å². The third-order valence-electron chi connectivity index (χ3n) is 2.89. The fraction of sp³-hybridized carbons (Fsp3) is 0.231. The molecule has 2 heterocycles. The summed E-state index contributed by atoms with van der Waals surface area (Å²) in [7, 11) is 0. The van der Waals surface area contributed by atoms with Crippen molar-refractivity contribution in [2.24, 2.45) is 0 Å². The van der Waals surface area contributed by atoms with E-state index in [0.717, 1.165) is 17.1 Å². The SMILES string of the molecule is Nc1cc(C2CC2)cnc1-c1ccccn1. The Morgan fingerprint density at radius 1 is 1.19 bits per heavy atom. The lowest BCUT2D eigenvalue weighted by molar-refractivity contribution is 1.09. The van der Waals surface area contributed by atoms with E-state index in [-0.39, 0.29) is 0 Å². The third-order valence-corrected chi connectivity index (χ3v) is 2.89. The Bertz CT molecular complexity index is 504. The molecule has 1 saturated carbocycles. The van der Waals surface area contributed by atoms with E-state index in [1.807, 2.05) is 30.5 Å². The van der Waals surface area contributed by atoms with E-state index < -0.39 is 0 Å². The first-order valence-electron chi connectivity index (χ1n) is 5.51. The van der Waals surface area contributed by atoms with E-state index in [1.165, 1.54) is 18.4 Å². The molecule has 2 N–H and O–H groups in total. The van der Waals surface area contributed by atoms with Gasteiger partial charge in [-0.2, -0.15) is 0 Å². The van der Waals surface area contributed by atoms with Crippen LogP contribution >= 0.6 is 0 Å². The second-order valence-corrected chi connectivity index (χ2v) is 4.20. The van der Waals surface area contributed by atoms with Gasteiger partial charge in [0.05, 0.1) is 11.4 Å². The number of hydrogen-bond donors (Lipinski definition) is 1. The Hall–Kier alpha value is -1.90. The fourth-order valence-electron chi connectivity index (χ4n) is 1.86. The molecule has 0 atom stereocenters. The molecule has 0 aliphatic heterocycles. The molecule has 3 nitrogen and oxygen atoms in total. The minimum atomic E-state index is 0.688. The van der Waals surface area contributed by atoms with Crippen molar-refractivity contribution in [2.75, 3.05) is 5.73 Å².